The lowest BCUT2D eigenvalue weighted by molar-refractivity contribution is 0.0686. The van der Waals surface area contributed by atoms with E-state index in [-0.39, 0.29) is 17.8 Å². The van der Waals surface area contributed by atoms with Crippen LogP contribution in [0.25, 0.3) is 0 Å². The summed E-state index contributed by atoms with van der Waals surface area (Å²) in [6, 6.07) is 7.15. The number of hydrogen-bond donors (Lipinski definition) is 2. The van der Waals surface area contributed by atoms with Crippen molar-refractivity contribution < 1.29 is 23.5 Å². The molecule has 5 rings (SSSR count). The molecule has 2 aliphatic rings. The molecular weight excluding hydrogens is 480 g/mol. The van der Waals surface area contributed by atoms with Crippen molar-refractivity contribution in [3.63, 3.8) is 0 Å². The van der Waals surface area contributed by atoms with Crippen LogP contribution >= 0.6 is 11.6 Å². The first-order chi connectivity index (χ1) is 16.7. The van der Waals surface area contributed by atoms with Gasteiger partial charge in [-0.05, 0) is 54.3 Å². The van der Waals surface area contributed by atoms with Gasteiger partial charge in [0.15, 0.2) is 11.4 Å². The highest BCUT2D eigenvalue weighted by molar-refractivity contribution is 6.30. The number of carbonyl (C=O) groups is 2. The zero-order chi connectivity index (χ0) is 25.0. The van der Waals surface area contributed by atoms with Crippen molar-refractivity contribution in [1.82, 2.24) is 14.8 Å². The predicted molar refractivity (Wildman–Crippen MR) is 124 cm³/mol. The summed E-state index contributed by atoms with van der Waals surface area (Å²) in [5.41, 5.74) is 0.108. The smallest absolute Gasteiger partial charge is 0.274 e. The molecule has 3 aromatic rings. The van der Waals surface area contributed by atoms with E-state index in [0.717, 1.165) is 23.3 Å². The molecule has 2 N–H and O–H groups in total. The van der Waals surface area contributed by atoms with Crippen molar-refractivity contribution in [2.45, 2.75) is 25.9 Å². The lowest BCUT2D eigenvalue weighted by Gasteiger charge is -2.35. The SMILES string of the molecule is Cc1cc(F)c(CNC(=O)c2cn3c(c(O)c2=O)C(=O)N2CCc4cc(Cl)ccc4[C@H]3C2)c(F)c1. The van der Waals surface area contributed by atoms with Crippen molar-refractivity contribution in [2.24, 2.45) is 0 Å². The van der Waals surface area contributed by atoms with Crippen LogP contribution in [0.3, 0.4) is 0 Å². The molecule has 0 saturated heterocycles. The Kier molecular flexibility index (Phi) is 5.59. The van der Waals surface area contributed by atoms with E-state index in [4.69, 9.17) is 11.6 Å². The van der Waals surface area contributed by atoms with Crippen molar-refractivity contribution in [3.05, 3.63) is 96.9 Å². The van der Waals surface area contributed by atoms with Crippen LogP contribution in [0.15, 0.2) is 41.3 Å². The van der Waals surface area contributed by atoms with Gasteiger partial charge in [0.2, 0.25) is 5.43 Å². The maximum absolute atomic E-state index is 14.2. The minimum Gasteiger partial charge on any atom is -0.503 e. The minimum atomic E-state index is -1.04. The molecule has 0 radical (unpaired) electrons. The second-order valence-electron chi connectivity index (χ2n) is 8.73. The number of halogens is 3. The third-order valence-electron chi connectivity index (χ3n) is 6.50. The van der Waals surface area contributed by atoms with Crippen LogP contribution in [0.4, 0.5) is 8.78 Å². The number of benzene rings is 2. The molecule has 1 atom stereocenters. The summed E-state index contributed by atoms with van der Waals surface area (Å²) in [4.78, 5) is 40.4. The summed E-state index contributed by atoms with van der Waals surface area (Å²) in [6.45, 7) is 1.69. The molecule has 2 aliphatic heterocycles. The fraction of sp³-hybridized carbons (Fsp3) is 0.240. The Labute approximate surface area is 203 Å². The number of nitrogens with one attached hydrogen (secondary N) is 1. The van der Waals surface area contributed by atoms with Crippen molar-refractivity contribution in [3.8, 4) is 5.75 Å². The number of nitrogens with zero attached hydrogens (tertiary/aromatic N) is 2. The van der Waals surface area contributed by atoms with Gasteiger partial charge in [-0.25, -0.2) is 8.78 Å². The van der Waals surface area contributed by atoms with Crippen LogP contribution in [0, 0.1) is 18.6 Å². The molecule has 2 aromatic carbocycles. The number of aromatic hydroxyl groups is 1. The normalized spacial score (nSPS) is 16.4. The molecule has 2 amide bonds. The summed E-state index contributed by atoms with van der Waals surface area (Å²) in [5.74, 6) is -3.95. The Morgan fingerprint density at radius 3 is 2.63 bits per heavy atom. The van der Waals surface area contributed by atoms with Gasteiger partial charge in [-0.1, -0.05) is 17.7 Å². The second-order valence-corrected chi connectivity index (χ2v) is 9.16. The van der Waals surface area contributed by atoms with E-state index in [0.29, 0.717) is 23.6 Å². The maximum atomic E-state index is 14.2. The molecule has 10 heteroatoms. The van der Waals surface area contributed by atoms with E-state index in [1.165, 1.54) is 17.7 Å². The molecule has 1 aromatic heterocycles. The van der Waals surface area contributed by atoms with Gasteiger partial charge in [-0.3, -0.25) is 14.4 Å². The molecule has 3 heterocycles. The number of aryl methyl sites for hydroxylation is 1. The summed E-state index contributed by atoms with van der Waals surface area (Å²) in [5, 5.41) is 13.6. The van der Waals surface area contributed by atoms with Gasteiger partial charge in [-0.15, -0.1) is 0 Å². The number of pyridine rings is 1. The minimum absolute atomic E-state index is 0.207. The van der Waals surface area contributed by atoms with E-state index in [2.05, 4.69) is 5.32 Å². The van der Waals surface area contributed by atoms with Gasteiger partial charge in [0, 0.05) is 36.4 Å². The summed E-state index contributed by atoms with van der Waals surface area (Å²) in [6.07, 6.45) is 1.76. The maximum Gasteiger partial charge on any atom is 0.274 e. The monoisotopic (exact) mass is 499 g/mol. The highest BCUT2D eigenvalue weighted by Gasteiger charge is 2.38. The number of fused-ring (bicyclic) bond motifs is 6. The summed E-state index contributed by atoms with van der Waals surface area (Å²) >= 11 is 6.16. The highest BCUT2D eigenvalue weighted by Crippen LogP contribution is 2.35. The van der Waals surface area contributed by atoms with Crippen LogP contribution in [-0.4, -0.2) is 39.5 Å². The third kappa shape index (κ3) is 3.85. The largest absolute Gasteiger partial charge is 0.503 e. The number of hydrogen-bond acceptors (Lipinski definition) is 4. The van der Waals surface area contributed by atoms with Crippen molar-refractivity contribution in [2.75, 3.05) is 13.1 Å². The fourth-order valence-electron chi connectivity index (χ4n) is 4.74. The predicted octanol–water partition coefficient (Wildman–Crippen LogP) is 3.33. The van der Waals surface area contributed by atoms with Crippen LogP contribution in [0.1, 0.15) is 49.1 Å². The quantitative estimate of drug-likeness (QED) is 0.578. The van der Waals surface area contributed by atoms with Crippen LogP contribution < -0.4 is 10.7 Å². The van der Waals surface area contributed by atoms with Gasteiger partial charge in [0.25, 0.3) is 11.8 Å². The number of amides is 2. The molecular formula is C25H20ClF2N3O4. The lowest BCUT2D eigenvalue weighted by atomic mass is 9.97. The fourth-order valence-corrected chi connectivity index (χ4v) is 4.94. The Balaban J connectivity index is 1.56. The van der Waals surface area contributed by atoms with E-state index in [9.17, 15) is 28.3 Å². The molecule has 35 heavy (non-hydrogen) atoms. The van der Waals surface area contributed by atoms with E-state index in [1.54, 1.807) is 11.0 Å². The average Bonchev–Trinajstić information content (AvgIpc) is 2.96. The summed E-state index contributed by atoms with van der Waals surface area (Å²) < 4.78 is 29.8. The van der Waals surface area contributed by atoms with Crippen LogP contribution in [-0.2, 0) is 13.0 Å². The second kappa shape index (κ2) is 8.49. The first-order valence-corrected chi connectivity index (χ1v) is 11.3. The molecule has 0 saturated carbocycles. The first kappa shape index (κ1) is 23.0. The Morgan fingerprint density at radius 1 is 1.20 bits per heavy atom. The van der Waals surface area contributed by atoms with Gasteiger partial charge in [-0.2, -0.15) is 0 Å². The Morgan fingerprint density at radius 2 is 1.91 bits per heavy atom. The molecule has 7 nitrogen and oxygen atoms in total. The molecule has 0 aliphatic carbocycles. The van der Waals surface area contributed by atoms with Gasteiger partial charge >= 0.3 is 0 Å². The average molecular weight is 500 g/mol. The van der Waals surface area contributed by atoms with Gasteiger partial charge < -0.3 is 19.9 Å². The summed E-state index contributed by atoms with van der Waals surface area (Å²) in [7, 11) is 0. The lowest BCUT2D eigenvalue weighted by Crippen LogP contribution is -2.45. The molecule has 0 fully saturated rings. The first-order valence-electron chi connectivity index (χ1n) is 10.9. The van der Waals surface area contributed by atoms with Crippen molar-refractivity contribution in [1.29, 1.82) is 0 Å². The Bertz CT molecular complexity index is 1450. The highest BCUT2D eigenvalue weighted by atomic mass is 35.5. The number of aromatic nitrogens is 1. The zero-order valence-corrected chi connectivity index (χ0v) is 19.3. The van der Waals surface area contributed by atoms with E-state index >= 15 is 0 Å². The van der Waals surface area contributed by atoms with Crippen LogP contribution in [0.5, 0.6) is 5.75 Å². The van der Waals surface area contributed by atoms with Gasteiger partial charge in [0.05, 0.1) is 6.04 Å². The van der Waals surface area contributed by atoms with Crippen LogP contribution in [0.2, 0.25) is 5.02 Å². The molecule has 2 bridgehead atoms. The third-order valence-corrected chi connectivity index (χ3v) is 6.74. The van der Waals surface area contributed by atoms with Crippen molar-refractivity contribution >= 4 is 23.4 Å². The number of carbonyl (C=O) groups excluding carboxylic acids is 2. The molecule has 0 unspecified atom stereocenters. The van der Waals surface area contributed by atoms with E-state index in [1.807, 2.05) is 12.1 Å². The topological polar surface area (TPSA) is 91.6 Å². The molecule has 0 spiro atoms. The Hall–Kier alpha value is -3.72. The molecule has 180 valence electrons. The van der Waals surface area contributed by atoms with E-state index < -0.39 is 52.8 Å². The van der Waals surface area contributed by atoms with Gasteiger partial charge in [0.1, 0.15) is 17.2 Å². The number of rotatable bonds is 3. The zero-order valence-electron chi connectivity index (χ0n) is 18.6. The standard InChI is InChI=1S/C25H20ClF2N3O4/c1-12-6-18(27)16(19(28)7-12)9-29-24(34)17-10-31-20-11-30(25(35)21(31)23(33)22(17)32)5-4-13-8-14(26)2-3-15(13)20/h2-3,6-8,10,20,33H,4-5,9,11H2,1H3,(H,29,34)/t20-/m1/s1.